The predicted molar refractivity (Wildman–Crippen MR) is 89.0 cm³/mol. The fourth-order valence-corrected chi connectivity index (χ4v) is 2.64. The minimum absolute atomic E-state index is 0.0775. The summed E-state index contributed by atoms with van der Waals surface area (Å²) in [6.07, 6.45) is 0. The molecule has 0 atom stereocenters. The van der Waals surface area contributed by atoms with E-state index in [4.69, 9.17) is 16.7 Å². The van der Waals surface area contributed by atoms with E-state index in [0.717, 1.165) is 21.3 Å². The molecule has 0 saturated carbocycles. The first-order valence-electron chi connectivity index (χ1n) is 6.43. The fraction of sp³-hybridized carbons (Fsp3) is 0.188. The van der Waals surface area contributed by atoms with E-state index < -0.39 is 5.97 Å². The first-order valence-corrected chi connectivity index (χ1v) is 7.60. The Hall–Kier alpha value is -1.52. The maximum Gasteiger partial charge on any atom is 0.323 e. The van der Waals surface area contributed by atoms with Crippen molar-refractivity contribution < 1.29 is 9.90 Å². The summed E-state index contributed by atoms with van der Waals surface area (Å²) in [5.41, 5.74) is 2.97. The van der Waals surface area contributed by atoms with Crippen molar-refractivity contribution in [3.63, 3.8) is 0 Å². The van der Waals surface area contributed by atoms with Gasteiger partial charge in [-0.3, -0.25) is 4.79 Å². The van der Waals surface area contributed by atoms with Crippen LogP contribution in [0.15, 0.2) is 46.9 Å². The number of aliphatic carboxylic acids is 1. The second-order valence-corrected chi connectivity index (χ2v) is 6.10. The highest BCUT2D eigenvalue weighted by molar-refractivity contribution is 9.10. The standard InChI is InChI=1S/C16H15BrClNO2/c1-11-5-6-12(7-15(11)17)9-19(10-16(20)21)14-4-2-3-13(18)8-14/h2-8H,9-10H2,1H3,(H,20,21). The van der Waals surface area contributed by atoms with Crippen LogP contribution in [0, 0.1) is 6.92 Å². The zero-order valence-corrected chi connectivity index (χ0v) is 13.9. The van der Waals surface area contributed by atoms with Crippen LogP contribution in [0.5, 0.6) is 0 Å². The first-order chi connectivity index (χ1) is 9.95. The van der Waals surface area contributed by atoms with Gasteiger partial charge in [0.15, 0.2) is 0 Å². The third-order valence-corrected chi connectivity index (χ3v) is 4.20. The van der Waals surface area contributed by atoms with Crippen LogP contribution in [-0.4, -0.2) is 17.6 Å². The van der Waals surface area contributed by atoms with Gasteiger partial charge in [-0.1, -0.05) is 45.7 Å². The minimum Gasteiger partial charge on any atom is -0.480 e. The summed E-state index contributed by atoms with van der Waals surface area (Å²) in [7, 11) is 0. The quantitative estimate of drug-likeness (QED) is 0.844. The summed E-state index contributed by atoms with van der Waals surface area (Å²) in [6, 6.07) is 13.2. The average Bonchev–Trinajstić information content (AvgIpc) is 2.42. The molecule has 0 spiro atoms. The highest BCUT2D eigenvalue weighted by Gasteiger charge is 2.12. The van der Waals surface area contributed by atoms with Gasteiger partial charge in [-0.05, 0) is 42.3 Å². The van der Waals surface area contributed by atoms with Crippen LogP contribution in [0.1, 0.15) is 11.1 Å². The normalized spacial score (nSPS) is 10.4. The van der Waals surface area contributed by atoms with Gasteiger partial charge in [0.2, 0.25) is 0 Å². The second-order valence-electron chi connectivity index (χ2n) is 4.81. The lowest BCUT2D eigenvalue weighted by Gasteiger charge is -2.23. The van der Waals surface area contributed by atoms with Gasteiger partial charge in [-0.25, -0.2) is 0 Å². The van der Waals surface area contributed by atoms with Crippen LogP contribution in [0.4, 0.5) is 5.69 Å². The largest absolute Gasteiger partial charge is 0.480 e. The smallest absolute Gasteiger partial charge is 0.323 e. The van der Waals surface area contributed by atoms with Gasteiger partial charge in [-0.2, -0.15) is 0 Å². The molecule has 2 rings (SSSR count). The van der Waals surface area contributed by atoms with Crippen molar-refractivity contribution in [2.45, 2.75) is 13.5 Å². The molecule has 0 aromatic heterocycles. The van der Waals surface area contributed by atoms with E-state index in [0.29, 0.717) is 11.6 Å². The van der Waals surface area contributed by atoms with E-state index in [-0.39, 0.29) is 6.54 Å². The fourth-order valence-electron chi connectivity index (χ4n) is 2.03. The summed E-state index contributed by atoms with van der Waals surface area (Å²) in [4.78, 5) is 12.9. The Bertz CT molecular complexity index is 660. The summed E-state index contributed by atoms with van der Waals surface area (Å²) in [6.45, 7) is 2.44. The highest BCUT2D eigenvalue weighted by atomic mass is 79.9. The van der Waals surface area contributed by atoms with Crippen molar-refractivity contribution in [3.8, 4) is 0 Å². The number of nitrogens with zero attached hydrogens (tertiary/aromatic N) is 1. The third-order valence-electron chi connectivity index (χ3n) is 3.11. The van der Waals surface area contributed by atoms with Crippen LogP contribution in [0.25, 0.3) is 0 Å². The lowest BCUT2D eigenvalue weighted by molar-refractivity contribution is -0.135. The molecule has 0 fully saturated rings. The Balaban J connectivity index is 2.27. The van der Waals surface area contributed by atoms with Crippen molar-refractivity contribution in [1.82, 2.24) is 0 Å². The van der Waals surface area contributed by atoms with Gasteiger partial charge < -0.3 is 10.0 Å². The molecule has 0 radical (unpaired) electrons. The summed E-state index contributed by atoms with van der Waals surface area (Å²) < 4.78 is 1.02. The van der Waals surface area contributed by atoms with Crippen LogP contribution < -0.4 is 4.90 Å². The monoisotopic (exact) mass is 367 g/mol. The van der Waals surface area contributed by atoms with Gasteiger partial charge >= 0.3 is 5.97 Å². The Labute approximate surface area is 137 Å². The van der Waals surface area contributed by atoms with Crippen LogP contribution in [-0.2, 0) is 11.3 Å². The number of halogens is 2. The predicted octanol–water partition coefficient (Wildman–Crippen LogP) is 4.50. The maximum absolute atomic E-state index is 11.1. The number of hydrogen-bond acceptors (Lipinski definition) is 2. The SMILES string of the molecule is Cc1ccc(CN(CC(=O)O)c2cccc(Cl)c2)cc1Br. The molecule has 3 nitrogen and oxygen atoms in total. The number of anilines is 1. The molecule has 21 heavy (non-hydrogen) atoms. The van der Waals surface area contributed by atoms with E-state index in [2.05, 4.69) is 15.9 Å². The number of hydrogen-bond donors (Lipinski definition) is 1. The molecule has 0 saturated heterocycles. The van der Waals surface area contributed by atoms with Crippen molar-refractivity contribution in [3.05, 3.63) is 63.1 Å². The molecule has 2 aromatic rings. The summed E-state index contributed by atoms with van der Waals surface area (Å²) >= 11 is 9.49. The molecule has 0 heterocycles. The molecule has 0 bridgehead atoms. The summed E-state index contributed by atoms with van der Waals surface area (Å²) in [5.74, 6) is -0.874. The van der Waals surface area contributed by atoms with Crippen molar-refractivity contribution >= 4 is 39.2 Å². The second kappa shape index (κ2) is 6.96. The molecule has 0 amide bonds. The van der Waals surface area contributed by atoms with Gasteiger partial charge in [0.25, 0.3) is 0 Å². The molecular weight excluding hydrogens is 354 g/mol. The Morgan fingerprint density at radius 2 is 2.05 bits per heavy atom. The molecule has 5 heteroatoms. The van der Waals surface area contributed by atoms with Crippen LogP contribution in [0.2, 0.25) is 5.02 Å². The number of carboxylic acids is 1. The number of rotatable bonds is 5. The molecule has 0 aliphatic rings. The molecule has 1 N–H and O–H groups in total. The number of aryl methyl sites for hydroxylation is 1. The van der Waals surface area contributed by atoms with E-state index in [1.165, 1.54) is 0 Å². The lowest BCUT2D eigenvalue weighted by Crippen LogP contribution is -2.29. The Morgan fingerprint density at radius 1 is 1.29 bits per heavy atom. The van der Waals surface area contributed by atoms with Crippen LogP contribution >= 0.6 is 27.5 Å². The Morgan fingerprint density at radius 3 is 2.67 bits per heavy atom. The van der Waals surface area contributed by atoms with Crippen molar-refractivity contribution in [1.29, 1.82) is 0 Å². The molecule has 0 aliphatic carbocycles. The highest BCUT2D eigenvalue weighted by Crippen LogP contribution is 2.23. The lowest BCUT2D eigenvalue weighted by atomic mass is 10.1. The third kappa shape index (κ3) is 4.48. The van der Waals surface area contributed by atoms with E-state index in [9.17, 15) is 4.79 Å². The molecular formula is C16H15BrClNO2. The topological polar surface area (TPSA) is 40.5 Å². The van der Waals surface area contributed by atoms with Gasteiger partial charge in [0.05, 0.1) is 0 Å². The number of benzene rings is 2. The molecule has 2 aromatic carbocycles. The maximum atomic E-state index is 11.1. The minimum atomic E-state index is -0.874. The first kappa shape index (κ1) is 15.9. The van der Waals surface area contributed by atoms with Gasteiger partial charge in [0.1, 0.15) is 6.54 Å². The number of carbonyl (C=O) groups is 1. The van der Waals surface area contributed by atoms with E-state index in [1.54, 1.807) is 17.0 Å². The zero-order valence-electron chi connectivity index (χ0n) is 11.5. The van der Waals surface area contributed by atoms with Crippen LogP contribution in [0.3, 0.4) is 0 Å². The molecule has 110 valence electrons. The molecule has 0 aliphatic heterocycles. The van der Waals surface area contributed by atoms with Crippen molar-refractivity contribution in [2.24, 2.45) is 0 Å². The van der Waals surface area contributed by atoms with E-state index >= 15 is 0 Å². The average molecular weight is 369 g/mol. The zero-order chi connectivity index (χ0) is 15.4. The Kier molecular flexibility index (Phi) is 5.26. The van der Waals surface area contributed by atoms with Gasteiger partial charge in [-0.15, -0.1) is 0 Å². The molecule has 0 unspecified atom stereocenters. The van der Waals surface area contributed by atoms with Crippen molar-refractivity contribution in [2.75, 3.05) is 11.4 Å². The van der Waals surface area contributed by atoms with Gasteiger partial charge in [0, 0.05) is 21.7 Å². The van der Waals surface area contributed by atoms with E-state index in [1.807, 2.05) is 37.3 Å². The summed E-state index contributed by atoms with van der Waals surface area (Å²) in [5, 5.41) is 9.70. The number of carboxylic acid groups (broad SMARTS) is 1.